The molecular formula is C23H22N2O4S. The van der Waals surface area contributed by atoms with E-state index in [0.717, 1.165) is 26.2 Å². The predicted molar refractivity (Wildman–Crippen MR) is 115 cm³/mol. The van der Waals surface area contributed by atoms with Gasteiger partial charge in [0.2, 0.25) is 0 Å². The maximum absolute atomic E-state index is 12.1. The summed E-state index contributed by atoms with van der Waals surface area (Å²) in [6.07, 6.45) is -1.24. The highest BCUT2D eigenvalue weighted by Gasteiger charge is 2.20. The Morgan fingerprint density at radius 2 is 1.87 bits per heavy atom. The van der Waals surface area contributed by atoms with E-state index < -0.39 is 11.9 Å². The Bertz CT molecular complexity index is 1140. The minimum atomic E-state index is -0.917. The van der Waals surface area contributed by atoms with E-state index in [1.54, 1.807) is 0 Å². The number of aliphatic hydroxyl groups is 1. The highest BCUT2D eigenvalue weighted by atomic mass is 32.1. The monoisotopic (exact) mass is 422 g/mol. The fourth-order valence-electron chi connectivity index (χ4n) is 3.26. The van der Waals surface area contributed by atoms with Crippen LogP contribution in [0.15, 0.2) is 81.3 Å². The topological polar surface area (TPSA) is 77.5 Å². The van der Waals surface area contributed by atoms with Crippen LogP contribution in [0.1, 0.15) is 22.8 Å². The molecule has 0 unspecified atom stereocenters. The molecule has 154 valence electrons. The van der Waals surface area contributed by atoms with Crippen molar-refractivity contribution in [2.75, 3.05) is 6.61 Å². The Morgan fingerprint density at radius 1 is 1.10 bits per heavy atom. The predicted octanol–water partition coefficient (Wildman–Crippen LogP) is 4.04. The fourth-order valence-corrected chi connectivity index (χ4v) is 3.90. The standard InChI is InChI=1S/C23H22N2O4S/c1-16-8-5-6-11-19(16)21(17-9-3-2-4-10-17)28-15-18(26)14-25-23(27)29-22(24-25)20-12-7-13-30-20/h2-13,18,21,26H,14-15H2,1H3/t18-,21-/m0/s1. The van der Waals surface area contributed by atoms with E-state index in [4.69, 9.17) is 9.15 Å². The van der Waals surface area contributed by atoms with E-state index in [9.17, 15) is 9.90 Å². The van der Waals surface area contributed by atoms with E-state index in [2.05, 4.69) is 5.10 Å². The van der Waals surface area contributed by atoms with E-state index in [0.29, 0.717) is 0 Å². The van der Waals surface area contributed by atoms with Gasteiger partial charge in [-0.15, -0.1) is 16.4 Å². The van der Waals surface area contributed by atoms with Crippen LogP contribution in [0.4, 0.5) is 0 Å². The van der Waals surface area contributed by atoms with Gasteiger partial charge in [-0.3, -0.25) is 0 Å². The largest absolute Gasteiger partial charge is 0.437 e. The molecule has 0 saturated carbocycles. The van der Waals surface area contributed by atoms with Crippen LogP contribution in [0.25, 0.3) is 10.8 Å². The molecule has 2 atom stereocenters. The number of rotatable bonds is 8. The molecular weight excluding hydrogens is 400 g/mol. The van der Waals surface area contributed by atoms with Crippen molar-refractivity contribution in [2.24, 2.45) is 0 Å². The first-order chi connectivity index (χ1) is 14.6. The Morgan fingerprint density at radius 3 is 2.60 bits per heavy atom. The lowest BCUT2D eigenvalue weighted by molar-refractivity contribution is -0.00277. The third-order valence-corrected chi connectivity index (χ3v) is 5.61. The van der Waals surface area contributed by atoms with E-state index in [1.807, 2.05) is 79.0 Å². The Hall–Kier alpha value is -3.00. The number of benzene rings is 2. The van der Waals surface area contributed by atoms with Crippen LogP contribution in [-0.4, -0.2) is 27.6 Å². The number of aliphatic hydroxyl groups excluding tert-OH is 1. The van der Waals surface area contributed by atoms with Gasteiger partial charge in [0.15, 0.2) is 0 Å². The summed E-state index contributed by atoms with van der Waals surface area (Å²) >= 11 is 1.43. The molecule has 2 heterocycles. The molecule has 0 aliphatic carbocycles. The molecule has 1 N–H and O–H groups in total. The summed E-state index contributed by atoms with van der Waals surface area (Å²) in [5, 5.41) is 16.6. The van der Waals surface area contributed by atoms with Gasteiger partial charge in [-0.25, -0.2) is 4.79 Å². The summed E-state index contributed by atoms with van der Waals surface area (Å²) in [4.78, 5) is 12.8. The van der Waals surface area contributed by atoms with Crippen molar-refractivity contribution in [3.63, 3.8) is 0 Å². The first-order valence-corrected chi connectivity index (χ1v) is 10.5. The molecule has 30 heavy (non-hydrogen) atoms. The zero-order valence-corrected chi connectivity index (χ0v) is 17.3. The number of hydrogen-bond donors (Lipinski definition) is 1. The van der Waals surface area contributed by atoms with Crippen LogP contribution in [0.5, 0.6) is 0 Å². The summed E-state index contributed by atoms with van der Waals surface area (Å²) in [7, 11) is 0. The Kier molecular flexibility index (Phi) is 6.23. The van der Waals surface area contributed by atoms with Crippen molar-refractivity contribution < 1.29 is 14.3 Å². The van der Waals surface area contributed by atoms with Crippen molar-refractivity contribution in [3.8, 4) is 10.8 Å². The van der Waals surface area contributed by atoms with E-state index in [1.165, 1.54) is 11.3 Å². The number of nitrogens with zero attached hydrogens (tertiary/aromatic N) is 2. The zero-order chi connectivity index (χ0) is 20.9. The fraction of sp³-hybridized carbons (Fsp3) is 0.217. The first kappa shape index (κ1) is 20.3. The Balaban J connectivity index is 1.48. The van der Waals surface area contributed by atoms with Crippen molar-refractivity contribution in [3.05, 3.63) is 99.4 Å². The van der Waals surface area contributed by atoms with Crippen LogP contribution < -0.4 is 5.76 Å². The molecule has 0 aliphatic heterocycles. The van der Waals surface area contributed by atoms with Crippen LogP contribution in [-0.2, 0) is 11.3 Å². The van der Waals surface area contributed by atoms with Gasteiger partial charge in [0, 0.05) is 0 Å². The molecule has 4 aromatic rings. The molecule has 0 amide bonds. The van der Waals surface area contributed by atoms with Crippen molar-refractivity contribution >= 4 is 11.3 Å². The summed E-state index contributed by atoms with van der Waals surface area (Å²) in [6.45, 7) is 2.07. The van der Waals surface area contributed by atoms with Gasteiger partial charge >= 0.3 is 5.76 Å². The third kappa shape index (κ3) is 4.59. The lowest BCUT2D eigenvalue weighted by atomic mass is 9.97. The number of ether oxygens (including phenoxy) is 1. The lowest BCUT2D eigenvalue weighted by Gasteiger charge is -2.22. The summed E-state index contributed by atoms with van der Waals surface area (Å²) in [5.74, 6) is -0.346. The second-order valence-corrected chi connectivity index (χ2v) is 7.91. The molecule has 6 nitrogen and oxygen atoms in total. The highest BCUT2D eigenvalue weighted by Crippen LogP contribution is 2.28. The molecule has 0 saturated heterocycles. The van der Waals surface area contributed by atoms with Crippen LogP contribution in [0.2, 0.25) is 0 Å². The van der Waals surface area contributed by atoms with Crippen molar-refractivity contribution in [1.29, 1.82) is 0 Å². The smallest absolute Gasteiger partial charge is 0.389 e. The van der Waals surface area contributed by atoms with E-state index >= 15 is 0 Å². The van der Waals surface area contributed by atoms with Gasteiger partial charge in [-0.2, -0.15) is 4.68 Å². The summed E-state index contributed by atoms with van der Waals surface area (Å²) < 4.78 is 12.5. The van der Waals surface area contributed by atoms with Gasteiger partial charge in [-0.1, -0.05) is 60.7 Å². The van der Waals surface area contributed by atoms with E-state index in [-0.39, 0.29) is 25.1 Å². The maximum atomic E-state index is 12.1. The molecule has 7 heteroatoms. The maximum Gasteiger partial charge on any atom is 0.437 e. The molecule has 4 rings (SSSR count). The highest BCUT2D eigenvalue weighted by molar-refractivity contribution is 7.13. The summed E-state index contributed by atoms with van der Waals surface area (Å²) in [5.41, 5.74) is 3.14. The quantitative estimate of drug-likeness (QED) is 0.464. The van der Waals surface area contributed by atoms with Crippen molar-refractivity contribution in [2.45, 2.75) is 25.7 Å². The molecule has 0 fully saturated rings. The van der Waals surface area contributed by atoms with Gasteiger partial charge in [0.05, 0.1) is 24.1 Å². The molecule has 2 aromatic heterocycles. The number of thiophene rings is 1. The van der Waals surface area contributed by atoms with Gasteiger partial charge in [0.25, 0.3) is 5.89 Å². The second-order valence-electron chi connectivity index (χ2n) is 6.97. The van der Waals surface area contributed by atoms with Crippen LogP contribution in [0.3, 0.4) is 0 Å². The molecule has 0 spiro atoms. The third-order valence-electron chi connectivity index (χ3n) is 4.75. The summed E-state index contributed by atoms with van der Waals surface area (Å²) in [6, 6.07) is 21.6. The minimum absolute atomic E-state index is 0.0109. The SMILES string of the molecule is Cc1ccccc1[C@@H](OC[C@@H](O)Cn1nc(-c2cccs2)oc1=O)c1ccccc1. The second kappa shape index (κ2) is 9.21. The molecule has 0 aliphatic rings. The molecule has 2 aromatic carbocycles. The molecule has 0 bridgehead atoms. The van der Waals surface area contributed by atoms with Gasteiger partial charge in [-0.05, 0) is 35.1 Å². The minimum Gasteiger partial charge on any atom is -0.389 e. The van der Waals surface area contributed by atoms with Crippen LogP contribution in [0, 0.1) is 6.92 Å². The average molecular weight is 423 g/mol. The number of aryl methyl sites for hydroxylation is 1. The first-order valence-electron chi connectivity index (χ1n) is 9.64. The zero-order valence-electron chi connectivity index (χ0n) is 16.5. The molecule has 0 radical (unpaired) electrons. The lowest BCUT2D eigenvalue weighted by Crippen LogP contribution is -2.28. The number of aromatic nitrogens is 2. The van der Waals surface area contributed by atoms with Gasteiger partial charge in [0.1, 0.15) is 6.10 Å². The average Bonchev–Trinajstić information content (AvgIpc) is 3.41. The Labute approximate surface area is 178 Å². The normalized spacial score (nSPS) is 13.3. The van der Waals surface area contributed by atoms with Gasteiger partial charge < -0.3 is 14.3 Å². The van der Waals surface area contributed by atoms with Crippen LogP contribution >= 0.6 is 11.3 Å². The van der Waals surface area contributed by atoms with Crippen molar-refractivity contribution in [1.82, 2.24) is 9.78 Å². The number of hydrogen-bond acceptors (Lipinski definition) is 6.